The smallest absolute Gasteiger partial charge is 0.0167 e. The van der Waals surface area contributed by atoms with Gasteiger partial charge in [0.1, 0.15) is 0 Å². The van der Waals surface area contributed by atoms with E-state index in [1.54, 1.807) is 11.8 Å². The molecule has 86 valence electrons. The molecule has 1 nitrogen and oxygen atoms in total. The molecule has 0 aliphatic carbocycles. The highest BCUT2D eigenvalue weighted by atomic mass is 32.2. The van der Waals surface area contributed by atoms with Crippen LogP contribution in [0, 0.1) is 0 Å². The maximum absolute atomic E-state index is 5.63. The van der Waals surface area contributed by atoms with Crippen molar-refractivity contribution < 1.29 is 0 Å². The summed E-state index contributed by atoms with van der Waals surface area (Å²) in [6.45, 7) is 0.560. The third-order valence-corrected chi connectivity index (χ3v) is 3.46. The molecule has 0 bridgehead atoms. The molecule has 0 fully saturated rings. The monoisotopic (exact) mass is 241 g/mol. The zero-order valence-electron chi connectivity index (χ0n) is 9.54. The second-order valence-electron chi connectivity index (χ2n) is 3.59. The van der Waals surface area contributed by atoms with Crippen LogP contribution < -0.4 is 5.73 Å². The van der Waals surface area contributed by atoms with Gasteiger partial charge in [0, 0.05) is 16.3 Å². The molecule has 0 saturated heterocycles. The van der Waals surface area contributed by atoms with Gasteiger partial charge in [0.05, 0.1) is 0 Å². The molecule has 0 aliphatic rings. The van der Waals surface area contributed by atoms with Gasteiger partial charge in [-0.25, -0.2) is 0 Å². The number of hydrogen-bond acceptors (Lipinski definition) is 2. The summed E-state index contributed by atoms with van der Waals surface area (Å²) in [5.41, 5.74) is 6.85. The third-order valence-electron chi connectivity index (χ3n) is 2.33. The van der Waals surface area contributed by atoms with Crippen LogP contribution in [0.3, 0.4) is 0 Å². The van der Waals surface area contributed by atoms with Gasteiger partial charge in [0.15, 0.2) is 0 Å². The van der Waals surface area contributed by atoms with Gasteiger partial charge in [-0.2, -0.15) is 0 Å². The lowest BCUT2D eigenvalue weighted by Crippen LogP contribution is -1.94. The predicted octanol–water partition coefficient (Wildman–Crippen LogP) is 3.78. The average Bonchev–Trinajstić information content (AvgIpc) is 2.40. The lowest BCUT2D eigenvalue weighted by Gasteiger charge is -2.07. The zero-order chi connectivity index (χ0) is 11.9. The summed E-state index contributed by atoms with van der Waals surface area (Å²) in [6.07, 6.45) is 2.06. The topological polar surface area (TPSA) is 26.0 Å². The molecule has 0 aromatic heterocycles. The first-order valence-corrected chi connectivity index (χ1v) is 6.40. The molecular formula is C15H15NS. The van der Waals surface area contributed by atoms with Crippen molar-refractivity contribution in [3.8, 4) is 0 Å². The zero-order valence-corrected chi connectivity index (χ0v) is 10.4. The molecule has 0 amide bonds. The van der Waals surface area contributed by atoms with Gasteiger partial charge < -0.3 is 5.73 Å². The summed E-state index contributed by atoms with van der Waals surface area (Å²) < 4.78 is 0. The molecule has 0 unspecified atom stereocenters. The van der Waals surface area contributed by atoms with Gasteiger partial charge in [-0.1, -0.05) is 66.4 Å². The van der Waals surface area contributed by atoms with Crippen LogP contribution >= 0.6 is 11.8 Å². The lowest BCUT2D eigenvalue weighted by atomic mass is 10.2. The van der Waals surface area contributed by atoms with Crippen LogP contribution in [0.25, 0.3) is 4.91 Å². The molecule has 2 rings (SSSR count). The van der Waals surface area contributed by atoms with Crippen LogP contribution in [0.5, 0.6) is 0 Å². The van der Waals surface area contributed by atoms with Crippen molar-refractivity contribution in [1.29, 1.82) is 0 Å². The molecule has 2 heteroatoms. The molecule has 0 aliphatic heterocycles. The number of rotatable bonds is 4. The van der Waals surface area contributed by atoms with E-state index in [0.29, 0.717) is 6.54 Å². The second kappa shape index (κ2) is 6.28. The molecule has 17 heavy (non-hydrogen) atoms. The Balaban J connectivity index is 2.23. The maximum atomic E-state index is 5.63. The Bertz CT molecular complexity index is 477. The Kier molecular flexibility index (Phi) is 4.42. The van der Waals surface area contributed by atoms with Crippen molar-refractivity contribution in [2.24, 2.45) is 5.73 Å². The van der Waals surface area contributed by atoms with Crippen molar-refractivity contribution in [2.75, 3.05) is 6.54 Å². The summed E-state index contributed by atoms with van der Waals surface area (Å²) in [5, 5.41) is 0. The minimum absolute atomic E-state index is 0.560. The number of thioether (sulfide) groups is 1. The van der Waals surface area contributed by atoms with E-state index < -0.39 is 0 Å². The Morgan fingerprint density at radius 3 is 2.12 bits per heavy atom. The molecule has 0 saturated carbocycles. The van der Waals surface area contributed by atoms with Crippen molar-refractivity contribution >= 4 is 16.7 Å². The van der Waals surface area contributed by atoms with E-state index in [9.17, 15) is 0 Å². The minimum Gasteiger partial charge on any atom is -0.327 e. The molecule has 0 spiro atoms. The van der Waals surface area contributed by atoms with E-state index in [0.717, 1.165) is 0 Å². The predicted molar refractivity (Wildman–Crippen MR) is 75.8 cm³/mol. The van der Waals surface area contributed by atoms with Crippen LogP contribution in [0.1, 0.15) is 5.56 Å². The van der Waals surface area contributed by atoms with Gasteiger partial charge in [0.25, 0.3) is 0 Å². The summed E-state index contributed by atoms with van der Waals surface area (Å²) >= 11 is 1.75. The second-order valence-corrected chi connectivity index (χ2v) is 4.70. The first-order chi connectivity index (χ1) is 8.40. The van der Waals surface area contributed by atoms with Crippen molar-refractivity contribution in [3.63, 3.8) is 0 Å². The number of nitrogens with two attached hydrogens (primary N) is 1. The Hall–Kier alpha value is -1.51. The third kappa shape index (κ3) is 3.48. The number of benzene rings is 2. The Morgan fingerprint density at radius 1 is 0.941 bits per heavy atom. The molecule has 2 aromatic carbocycles. The fourth-order valence-electron chi connectivity index (χ4n) is 1.54. The fraction of sp³-hybridized carbons (Fsp3) is 0.0667. The number of hydrogen-bond donors (Lipinski definition) is 1. The molecule has 0 radical (unpaired) electrons. The lowest BCUT2D eigenvalue weighted by molar-refractivity contribution is 1.26. The highest BCUT2D eigenvalue weighted by Gasteiger charge is 2.02. The van der Waals surface area contributed by atoms with E-state index in [4.69, 9.17) is 5.73 Å². The van der Waals surface area contributed by atoms with Gasteiger partial charge in [0.2, 0.25) is 0 Å². The fourth-order valence-corrected chi connectivity index (χ4v) is 2.52. The van der Waals surface area contributed by atoms with E-state index in [1.165, 1.54) is 15.4 Å². The normalized spacial score (nSPS) is 11.5. The van der Waals surface area contributed by atoms with Crippen LogP contribution in [0.2, 0.25) is 0 Å². The molecule has 2 N–H and O–H groups in total. The molecular weight excluding hydrogens is 226 g/mol. The molecule has 0 heterocycles. The average molecular weight is 241 g/mol. The Morgan fingerprint density at radius 2 is 1.53 bits per heavy atom. The summed E-state index contributed by atoms with van der Waals surface area (Å²) in [6, 6.07) is 20.7. The highest BCUT2D eigenvalue weighted by molar-refractivity contribution is 8.08. The van der Waals surface area contributed by atoms with Gasteiger partial charge in [-0.05, 0) is 17.7 Å². The maximum Gasteiger partial charge on any atom is 0.0167 e. The summed E-state index contributed by atoms with van der Waals surface area (Å²) in [5.74, 6) is 0. The summed E-state index contributed by atoms with van der Waals surface area (Å²) in [7, 11) is 0. The van der Waals surface area contributed by atoms with E-state index in [-0.39, 0.29) is 0 Å². The quantitative estimate of drug-likeness (QED) is 0.824. The highest BCUT2D eigenvalue weighted by Crippen LogP contribution is 2.33. The van der Waals surface area contributed by atoms with E-state index in [2.05, 4.69) is 30.3 Å². The molecule has 0 atom stereocenters. The first kappa shape index (κ1) is 12.0. The van der Waals surface area contributed by atoms with Gasteiger partial charge in [-0.15, -0.1) is 0 Å². The van der Waals surface area contributed by atoms with Crippen molar-refractivity contribution in [3.05, 3.63) is 72.3 Å². The van der Waals surface area contributed by atoms with Crippen molar-refractivity contribution in [2.45, 2.75) is 4.90 Å². The van der Waals surface area contributed by atoms with Crippen LogP contribution in [-0.4, -0.2) is 6.54 Å². The van der Waals surface area contributed by atoms with Crippen LogP contribution in [0.4, 0.5) is 0 Å². The largest absolute Gasteiger partial charge is 0.327 e. The minimum atomic E-state index is 0.560. The van der Waals surface area contributed by atoms with Crippen LogP contribution in [0.15, 0.2) is 71.6 Å². The van der Waals surface area contributed by atoms with Gasteiger partial charge in [-0.3, -0.25) is 0 Å². The standard InChI is InChI=1S/C15H15NS/c16-12-11-15(13-7-3-1-4-8-13)17-14-9-5-2-6-10-14/h1-11H,12,16H2/b15-11-. The Labute approximate surface area is 106 Å². The van der Waals surface area contributed by atoms with E-state index >= 15 is 0 Å². The first-order valence-electron chi connectivity index (χ1n) is 5.58. The van der Waals surface area contributed by atoms with Gasteiger partial charge >= 0.3 is 0 Å². The van der Waals surface area contributed by atoms with Crippen molar-refractivity contribution in [1.82, 2.24) is 0 Å². The summed E-state index contributed by atoms with van der Waals surface area (Å²) in [4.78, 5) is 2.44. The van der Waals surface area contributed by atoms with E-state index in [1.807, 2.05) is 36.4 Å². The SMILES string of the molecule is NC/C=C(\Sc1ccccc1)c1ccccc1. The molecule has 2 aromatic rings. The van der Waals surface area contributed by atoms with Crippen LogP contribution in [-0.2, 0) is 0 Å².